The maximum absolute atomic E-state index is 13.4. The van der Waals surface area contributed by atoms with Crippen LogP contribution < -0.4 is 20.3 Å². The van der Waals surface area contributed by atoms with E-state index in [1.54, 1.807) is 17.2 Å². The summed E-state index contributed by atoms with van der Waals surface area (Å²) in [6, 6.07) is 16.5. The first-order valence-corrected chi connectivity index (χ1v) is 12.6. The molecule has 182 valence electrons. The normalized spacial score (nSPS) is 18.8. The second-order valence-electron chi connectivity index (χ2n) is 9.08. The van der Waals surface area contributed by atoms with Crippen LogP contribution in [0.15, 0.2) is 60.8 Å². The number of carbonyl (C=O) groups excluding carboxylic acids is 2. The molecule has 1 aliphatic carbocycles. The number of pyridine rings is 1. The average molecular weight is 501 g/mol. The molecule has 0 saturated heterocycles. The molecule has 2 atom stereocenters. The number of ether oxygens (including phenoxy) is 1. The van der Waals surface area contributed by atoms with Gasteiger partial charge in [-0.25, -0.2) is 9.78 Å². The molecule has 2 aromatic carbocycles. The monoisotopic (exact) mass is 500 g/mol. The predicted molar refractivity (Wildman–Crippen MR) is 140 cm³/mol. The molecule has 6 rings (SSSR count). The Balaban J connectivity index is 1.34. The van der Waals surface area contributed by atoms with Crippen molar-refractivity contribution in [3.63, 3.8) is 0 Å². The molecule has 3 amide bonds. The Morgan fingerprint density at radius 1 is 1.14 bits per heavy atom. The molecule has 2 aliphatic rings. The number of aliphatic hydroxyl groups excluding tert-OH is 1. The number of aliphatic hydroxyl groups is 1. The van der Waals surface area contributed by atoms with Gasteiger partial charge in [0.1, 0.15) is 21.2 Å². The third-order valence-corrected chi connectivity index (χ3v) is 7.68. The highest BCUT2D eigenvalue weighted by Gasteiger charge is 2.34. The van der Waals surface area contributed by atoms with E-state index in [0.29, 0.717) is 45.4 Å². The number of thiophene rings is 1. The highest BCUT2D eigenvalue weighted by Crippen LogP contribution is 2.46. The number of amides is 3. The third-order valence-electron chi connectivity index (χ3n) is 6.58. The number of nitrogens with one attached hydrogen (secondary N) is 2. The summed E-state index contributed by atoms with van der Waals surface area (Å²) < 4.78 is 5.95. The van der Waals surface area contributed by atoms with Gasteiger partial charge in [0, 0.05) is 12.2 Å². The fourth-order valence-electron chi connectivity index (χ4n) is 4.89. The van der Waals surface area contributed by atoms with E-state index in [-0.39, 0.29) is 24.1 Å². The Morgan fingerprint density at radius 3 is 2.72 bits per heavy atom. The van der Waals surface area contributed by atoms with Crippen molar-refractivity contribution in [3.05, 3.63) is 71.2 Å². The molecular weight excluding hydrogens is 476 g/mol. The average Bonchev–Trinajstić information content (AvgIpc) is 3.44. The number of aryl methyl sites for hydroxylation is 1. The molecule has 4 aromatic rings. The van der Waals surface area contributed by atoms with Crippen LogP contribution in [0.5, 0.6) is 11.5 Å². The molecule has 3 heterocycles. The number of para-hydroxylation sites is 1. The Bertz CT molecular complexity index is 1490. The molecule has 1 aliphatic heterocycles. The number of hydrogen-bond donors (Lipinski definition) is 3. The molecule has 1 saturated carbocycles. The van der Waals surface area contributed by atoms with Crippen molar-refractivity contribution in [2.75, 3.05) is 10.2 Å². The highest BCUT2D eigenvalue weighted by atomic mass is 32.1. The van der Waals surface area contributed by atoms with Crippen molar-refractivity contribution in [1.29, 1.82) is 0 Å². The van der Waals surface area contributed by atoms with Crippen molar-refractivity contribution >= 4 is 50.6 Å². The Kier molecular flexibility index (Phi) is 5.58. The smallest absolute Gasteiger partial charge is 0.331 e. The second kappa shape index (κ2) is 8.92. The van der Waals surface area contributed by atoms with E-state index in [9.17, 15) is 14.7 Å². The van der Waals surface area contributed by atoms with Gasteiger partial charge in [0.2, 0.25) is 0 Å². The first-order chi connectivity index (χ1) is 17.5. The lowest BCUT2D eigenvalue weighted by atomic mass is 10.1. The topological polar surface area (TPSA) is 104 Å². The second-order valence-corrected chi connectivity index (χ2v) is 10.1. The van der Waals surface area contributed by atoms with Gasteiger partial charge in [0.05, 0.1) is 28.6 Å². The minimum Gasteiger partial charge on any atom is -0.457 e. The van der Waals surface area contributed by atoms with E-state index in [4.69, 9.17) is 4.74 Å². The largest absolute Gasteiger partial charge is 0.457 e. The van der Waals surface area contributed by atoms with Crippen LogP contribution >= 0.6 is 11.3 Å². The first-order valence-electron chi connectivity index (χ1n) is 11.8. The minimum absolute atomic E-state index is 0.0765. The summed E-state index contributed by atoms with van der Waals surface area (Å²) in [7, 11) is 0. The van der Waals surface area contributed by atoms with Crippen LogP contribution in [-0.2, 0) is 0 Å². The summed E-state index contributed by atoms with van der Waals surface area (Å²) in [4.78, 5) is 33.7. The van der Waals surface area contributed by atoms with Gasteiger partial charge in [0.25, 0.3) is 5.91 Å². The number of carbonyl (C=O) groups is 2. The number of aromatic nitrogens is 1. The van der Waals surface area contributed by atoms with Gasteiger partial charge >= 0.3 is 6.03 Å². The van der Waals surface area contributed by atoms with Crippen LogP contribution in [0.25, 0.3) is 10.2 Å². The van der Waals surface area contributed by atoms with E-state index in [0.717, 1.165) is 23.1 Å². The van der Waals surface area contributed by atoms with Crippen molar-refractivity contribution in [1.82, 2.24) is 10.3 Å². The van der Waals surface area contributed by atoms with Crippen LogP contribution in [0.4, 0.5) is 21.9 Å². The van der Waals surface area contributed by atoms with Gasteiger partial charge in [-0.1, -0.05) is 18.2 Å². The van der Waals surface area contributed by atoms with Gasteiger partial charge in [-0.3, -0.25) is 9.69 Å². The molecule has 0 bridgehead atoms. The lowest BCUT2D eigenvalue weighted by molar-refractivity contribution is 0.0939. The van der Waals surface area contributed by atoms with Crippen molar-refractivity contribution in [2.45, 2.75) is 38.3 Å². The van der Waals surface area contributed by atoms with Crippen LogP contribution in [0.1, 0.15) is 34.5 Å². The molecule has 0 radical (unpaired) electrons. The van der Waals surface area contributed by atoms with Crippen molar-refractivity contribution in [3.8, 4) is 11.5 Å². The molecule has 1 unspecified atom stereocenters. The van der Waals surface area contributed by atoms with Crippen molar-refractivity contribution in [2.24, 2.45) is 0 Å². The van der Waals surface area contributed by atoms with Gasteiger partial charge < -0.3 is 20.5 Å². The van der Waals surface area contributed by atoms with E-state index in [1.807, 2.05) is 55.5 Å². The maximum atomic E-state index is 13.4. The summed E-state index contributed by atoms with van der Waals surface area (Å²) in [6.45, 7) is 1.93. The summed E-state index contributed by atoms with van der Waals surface area (Å²) in [6.07, 6.45) is 3.22. The first kappa shape index (κ1) is 22.5. The molecular formula is C27H24N4O4S. The molecule has 9 heteroatoms. The Hall–Kier alpha value is -3.95. The standard InChI is InChI=1S/C27H24N4O4S/c1-15-13-19(35-18-5-3-2-4-6-18)9-10-20(15)31-21-11-12-28-26-22(21)23(30-27(31)34)24(36-26)25(33)29-16-7-8-17(32)14-16/h2-6,9-13,16-17,32H,7-8,14H2,1H3,(H,29,33)(H,30,34)/t16?,17-/m1/s1. The van der Waals surface area contributed by atoms with Crippen LogP contribution in [0.2, 0.25) is 0 Å². The zero-order valence-corrected chi connectivity index (χ0v) is 20.3. The van der Waals surface area contributed by atoms with Crippen LogP contribution in [0, 0.1) is 6.92 Å². The summed E-state index contributed by atoms with van der Waals surface area (Å²) in [5.41, 5.74) is 2.73. The summed E-state index contributed by atoms with van der Waals surface area (Å²) in [5, 5.41) is 16.5. The fraction of sp³-hybridized carbons (Fsp3) is 0.222. The third kappa shape index (κ3) is 3.96. The van der Waals surface area contributed by atoms with E-state index >= 15 is 0 Å². The number of rotatable bonds is 5. The van der Waals surface area contributed by atoms with Gasteiger partial charge in [-0.15, -0.1) is 11.3 Å². The maximum Gasteiger partial charge on any atom is 0.331 e. The minimum atomic E-state index is -0.384. The summed E-state index contributed by atoms with van der Waals surface area (Å²) in [5.74, 6) is 1.15. The lowest BCUT2D eigenvalue weighted by Crippen LogP contribution is -2.36. The number of nitrogens with zero attached hydrogens (tertiary/aromatic N) is 2. The molecule has 1 fully saturated rings. The lowest BCUT2D eigenvalue weighted by Gasteiger charge is -2.29. The summed E-state index contributed by atoms with van der Waals surface area (Å²) >= 11 is 1.26. The SMILES string of the molecule is Cc1cc(Oc2ccccc2)ccc1N1C(=O)Nc2c(C(=O)NC3CC[C@@H](O)C3)sc3nccc1c23. The van der Waals surface area contributed by atoms with Gasteiger partial charge in [-0.2, -0.15) is 0 Å². The molecule has 3 N–H and O–H groups in total. The van der Waals surface area contributed by atoms with Gasteiger partial charge in [-0.05, 0) is 68.1 Å². The number of urea groups is 1. The predicted octanol–water partition coefficient (Wildman–Crippen LogP) is 5.72. The molecule has 36 heavy (non-hydrogen) atoms. The zero-order chi connectivity index (χ0) is 24.8. The zero-order valence-electron chi connectivity index (χ0n) is 19.5. The van der Waals surface area contributed by atoms with E-state index < -0.39 is 0 Å². The Labute approximate surface area is 211 Å². The van der Waals surface area contributed by atoms with Crippen LogP contribution in [0.3, 0.4) is 0 Å². The quantitative estimate of drug-likeness (QED) is 0.325. The molecule has 8 nitrogen and oxygen atoms in total. The number of hydrogen-bond acceptors (Lipinski definition) is 6. The molecule has 2 aromatic heterocycles. The van der Waals surface area contributed by atoms with Crippen LogP contribution in [-0.4, -0.2) is 34.2 Å². The van der Waals surface area contributed by atoms with Gasteiger partial charge in [0.15, 0.2) is 0 Å². The Morgan fingerprint density at radius 2 is 1.97 bits per heavy atom. The van der Waals surface area contributed by atoms with E-state index in [1.165, 1.54) is 11.3 Å². The molecule has 0 spiro atoms. The van der Waals surface area contributed by atoms with E-state index in [2.05, 4.69) is 15.6 Å². The number of benzene rings is 2. The van der Waals surface area contributed by atoms with Crippen molar-refractivity contribution < 1.29 is 19.4 Å². The highest BCUT2D eigenvalue weighted by molar-refractivity contribution is 7.21. The fourth-order valence-corrected chi connectivity index (χ4v) is 5.91. The number of anilines is 3.